The van der Waals surface area contributed by atoms with Gasteiger partial charge in [0.2, 0.25) is 0 Å². The largest absolute Gasteiger partial charge is 0.367 e. The van der Waals surface area contributed by atoms with E-state index in [1.807, 2.05) is 0 Å². The molecule has 20 heavy (non-hydrogen) atoms. The first-order valence-electron chi connectivity index (χ1n) is 5.66. The molecule has 2 aromatic rings. The number of nitrogens with one attached hydrogen (secondary N) is 1. The number of aromatic nitrogens is 1. The molecule has 0 saturated carbocycles. The average Bonchev–Trinajstić information content (AvgIpc) is 2.38. The second-order valence-electron chi connectivity index (χ2n) is 4.00. The second kappa shape index (κ2) is 6.33. The molecule has 106 valence electrons. The Balaban J connectivity index is 2.01. The fourth-order valence-electron chi connectivity index (χ4n) is 1.61. The molecule has 2 rings (SSSR count). The molecule has 1 heterocycles. The summed E-state index contributed by atoms with van der Waals surface area (Å²) in [5.74, 6) is -3.97. The molecular weight excluding hydrogens is 312 g/mol. The molecule has 2 nitrogen and oxygen atoms in total. The number of halogens is 5. The highest BCUT2D eigenvalue weighted by molar-refractivity contribution is 6.35. The molecule has 0 aliphatic carbocycles. The van der Waals surface area contributed by atoms with Gasteiger partial charge in [-0.05, 0) is 24.1 Å². The maximum absolute atomic E-state index is 13.3. The van der Waals surface area contributed by atoms with Crippen molar-refractivity contribution in [3.8, 4) is 0 Å². The van der Waals surface area contributed by atoms with E-state index in [4.69, 9.17) is 23.2 Å². The first kappa shape index (κ1) is 14.9. The highest BCUT2D eigenvalue weighted by Crippen LogP contribution is 2.21. The Labute approximate surface area is 123 Å². The highest BCUT2D eigenvalue weighted by atomic mass is 35.5. The van der Waals surface area contributed by atoms with Crippen LogP contribution in [0.1, 0.15) is 5.56 Å². The third-order valence-corrected chi connectivity index (χ3v) is 3.18. The summed E-state index contributed by atoms with van der Waals surface area (Å²) in [6.07, 6.45) is 0.454. The number of hydrogen-bond acceptors (Lipinski definition) is 2. The van der Waals surface area contributed by atoms with Crippen LogP contribution in [0.3, 0.4) is 0 Å². The van der Waals surface area contributed by atoms with Crippen LogP contribution in [0.2, 0.25) is 10.0 Å². The minimum absolute atomic E-state index is 0.260. The van der Waals surface area contributed by atoms with Crippen LogP contribution in [0.5, 0.6) is 0 Å². The molecule has 0 atom stereocenters. The molecule has 1 aromatic heterocycles. The second-order valence-corrected chi connectivity index (χ2v) is 4.85. The number of benzene rings is 1. The number of pyridine rings is 1. The average molecular weight is 321 g/mol. The molecule has 0 aliphatic heterocycles. The molecule has 0 amide bonds. The molecule has 0 radical (unpaired) electrons. The normalized spacial score (nSPS) is 10.7. The molecule has 1 aromatic carbocycles. The number of hydrogen-bond donors (Lipinski definition) is 1. The first-order chi connectivity index (χ1) is 9.47. The Hall–Kier alpha value is -1.46. The Kier molecular flexibility index (Phi) is 4.73. The Morgan fingerprint density at radius 2 is 1.80 bits per heavy atom. The molecule has 0 unspecified atom stereocenters. The zero-order chi connectivity index (χ0) is 14.7. The quantitative estimate of drug-likeness (QED) is 0.841. The Bertz CT molecular complexity index is 635. The van der Waals surface area contributed by atoms with Crippen LogP contribution in [0.15, 0.2) is 24.3 Å². The topological polar surface area (TPSA) is 24.9 Å². The monoisotopic (exact) mass is 320 g/mol. The maximum Gasteiger partial charge on any atom is 0.251 e. The summed E-state index contributed by atoms with van der Waals surface area (Å²) in [7, 11) is 0. The van der Waals surface area contributed by atoms with E-state index in [1.165, 1.54) is 0 Å². The molecule has 0 spiro atoms. The van der Waals surface area contributed by atoms with Gasteiger partial charge < -0.3 is 5.32 Å². The van der Waals surface area contributed by atoms with Gasteiger partial charge in [0.25, 0.3) is 5.95 Å². The van der Waals surface area contributed by atoms with Crippen molar-refractivity contribution in [1.82, 2.24) is 4.98 Å². The van der Waals surface area contributed by atoms with Gasteiger partial charge in [0, 0.05) is 22.7 Å². The van der Waals surface area contributed by atoms with Gasteiger partial charge in [-0.25, -0.2) is 8.78 Å². The van der Waals surface area contributed by atoms with Crippen molar-refractivity contribution < 1.29 is 13.2 Å². The van der Waals surface area contributed by atoms with E-state index in [0.29, 0.717) is 22.5 Å². The van der Waals surface area contributed by atoms with E-state index in [9.17, 15) is 13.2 Å². The van der Waals surface area contributed by atoms with Crippen LogP contribution in [-0.4, -0.2) is 11.5 Å². The minimum Gasteiger partial charge on any atom is -0.367 e. The van der Waals surface area contributed by atoms with Gasteiger partial charge in [0.1, 0.15) is 0 Å². The van der Waals surface area contributed by atoms with Crippen LogP contribution >= 0.6 is 23.2 Å². The smallest absolute Gasteiger partial charge is 0.251 e. The van der Waals surface area contributed by atoms with Crippen LogP contribution in [0.25, 0.3) is 0 Å². The Morgan fingerprint density at radius 1 is 1.05 bits per heavy atom. The molecule has 0 aliphatic rings. The maximum atomic E-state index is 13.3. The van der Waals surface area contributed by atoms with Gasteiger partial charge in [-0.3, -0.25) is 0 Å². The van der Waals surface area contributed by atoms with E-state index in [2.05, 4.69) is 10.3 Å². The lowest BCUT2D eigenvalue weighted by molar-refractivity contribution is 0.466. The van der Waals surface area contributed by atoms with Crippen molar-refractivity contribution in [2.45, 2.75) is 6.42 Å². The lowest BCUT2D eigenvalue weighted by Crippen LogP contribution is -2.10. The van der Waals surface area contributed by atoms with Crippen molar-refractivity contribution in [3.63, 3.8) is 0 Å². The SMILES string of the molecule is Fc1cc(F)c(NCCc2ccc(Cl)cc2Cl)nc1F. The van der Waals surface area contributed by atoms with Gasteiger partial charge >= 0.3 is 0 Å². The summed E-state index contributed by atoms with van der Waals surface area (Å²) in [5.41, 5.74) is 0.798. The number of rotatable bonds is 4. The van der Waals surface area contributed by atoms with Crippen LogP contribution in [0.4, 0.5) is 19.0 Å². The summed E-state index contributed by atoms with van der Waals surface area (Å²) in [6.45, 7) is 0.260. The van der Waals surface area contributed by atoms with Crippen LogP contribution in [0, 0.1) is 17.6 Å². The zero-order valence-electron chi connectivity index (χ0n) is 10.1. The fourth-order valence-corrected chi connectivity index (χ4v) is 2.11. The number of nitrogens with zero attached hydrogens (tertiary/aromatic N) is 1. The van der Waals surface area contributed by atoms with E-state index < -0.39 is 17.6 Å². The summed E-state index contributed by atoms with van der Waals surface area (Å²) in [4.78, 5) is 3.16. The molecule has 7 heteroatoms. The van der Waals surface area contributed by atoms with Crippen molar-refractivity contribution in [1.29, 1.82) is 0 Å². The predicted molar refractivity (Wildman–Crippen MR) is 72.8 cm³/mol. The molecule has 0 fully saturated rings. The van der Waals surface area contributed by atoms with E-state index in [-0.39, 0.29) is 12.4 Å². The van der Waals surface area contributed by atoms with Crippen LogP contribution in [-0.2, 0) is 6.42 Å². The lowest BCUT2D eigenvalue weighted by Gasteiger charge is -2.08. The molecule has 0 saturated heterocycles. The molecule has 1 N–H and O–H groups in total. The number of anilines is 1. The fraction of sp³-hybridized carbons (Fsp3) is 0.154. The first-order valence-corrected chi connectivity index (χ1v) is 6.42. The van der Waals surface area contributed by atoms with E-state index in [0.717, 1.165) is 5.56 Å². The van der Waals surface area contributed by atoms with Crippen molar-refractivity contribution >= 4 is 29.0 Å². The Morgan fingerprint density at radius 3 is 2.50 bits per heavy atom. The van der Waals surface area contributed by atoms with Gasteiger partial charge in [0.05, 0.1) is 0 Å². The van der Waals surface area contributed by atoms with Crippen molar-refractivity contribution in [2.24, 2.45) is 0 Å². The van der Waals surface area contributed by atoms with Gasteiger partial charge in [-0.2, -0.15) is 9.37 Å². The highest BCUT2D eigenvalue weighted by Gasteiger charge is 2.11. The molecular formula is C13H9Cl2F3N2. The lowest BCUT2D eigenvalue weighted by atomic mass is 10.1. The van der Waals surface area contributed by atoms with Gasteiger partial charge in [0.15, 0.2) is 17.5 Å². The minimum atomic E-state index is -1.35. The summed E-state index contributed by atoms with van der Waals surface area (Å²) in [5, 5.41) is 3.59. The third kappa shape index (κ3) is 3.55. The van der Waals surface area contributed by atoms with Crippen molar-refractivity contribution in [3.05, 3.63) is 57.5 Å². The van der Waals surface area contributed by atoms with Gasteiger partial charge in [-0.1, -0.05) is 29.3 Å². The van der Waals surface area contributed by atoms with E-state index in [1.54, 1.807) is 18.2 Å². The summed E-state index contributed by atoms with van der Waals surface area (Å²) >= 11 is 11.7. The standard InChI is InChI=1S/C13H9Cl2F3N2/c14-8-2-1-7(9(15)5-8)3-4-19-13-11(17)6-10(16)12(18)20-13/h1-2,5-6H,3-4H2,(H,19,20). The van der Waals surface area contributed by atoms with Gasteiger partial charge in [-0.15, -0.1) is 0 Å². The van der Waals surface area contributed by atoms with Crippen molar-refractivity contribution in [2.75, 3.05) is 11.9 Å². The summed E-state index contributed by atoms with van der Waals surface area (Å²) < 4.78 is 38.9. The summed E-state index contributed by atoms with van der Waals surface area (Å²) in [6, 6.07) is 5.45. The predicted octanol–water partition coefficient (Wildman–Crippen LogP) is 4.46. The zero-order valence-corrected chi connectivity index (χ0v) is 11.6. The van der Waals surface area contributed by atoms with E-state index >= 15 is 0 Å². The molecule has 0 bridgehead atoms. The third-order valence-electron chi connectivity index (χ3n) is 2.59. The van der Waals surface area contributed by atoms with Crippen LogP contribution < -0.4 is 5.32 Å².